The minimum absolute atomic E-state index is 0.457. The second-order valence-corrected chi connectivity index (χ2v) is 3.75. The zero-order valence-corrected chi connectivity index (χ0v) is 8.80. The maximum atomic E-state index is 9.21. The molecule has 0 saturated heterocycles. The molecule has 1 unspecified atom stereocenters. The molecule has 0 spiro atoms. The van der Waals surface area contributed by atoms with Crippen molar-refractivity contribution < 1.29 is 5.11 Å². The molecule has 0 radical (unpaired) electrons. The SMILES string of the molecule is CC(O)c1cnc(Cl)cc1I. The highest BCUT2D eigenvalue weighted by Gasteiger charge is 2.06. The molecule has 0 aliphatic heterocycles. The summed E-state index contributed by atoms with van der Waals surface area (Å²) in [6.45, 7) is 1.70. The first kappa shape index (κ1) is 9.22. The van der Waals surface area contributed by atoms with Crippen LogP contribution in [0.25, 0.3) is 0 Å². The summed E-state index contributed by atoms with van der Waals surface area (Å²) in [7, 11) is 0. The van der Waals surface area contributed by atoms with Crippen LogP contribution in [-0.4, -0.2) is 10.1 Å². The zero-order chi connectivity index (χ0) is 8.43. The van der Waals surface area contributed by atoms with E-state index in [1.165, 1.54) is 0 Å². The van der Waals surface area contributed by atoms with Gasteiger partial charge in [-0.2, -0.15) is 0 Å². The fourth-order valence-electron chi connectivity index (χ4n) is 0.725. The Balaban J connectivity index is 3.09. The molecule has 0 aliphatic carbocycles. The van der Waals surface area contributed by atoms with Crippen LogP contribution in [0.5, 0.6) is 0 Å². The molecule has 0 bridgehead atoms. The van der Waals surface area contributed by atoms with E-state index in [1.807, 2.05) is 0 Å². The molecule has 1 heterocycles. The number of aromatic nitrogens is 1. The van der Waals surface area contributed by atoms with Gasteiger partial charge in [-0.15, -0.1) is 0 Å². The number of hydrogen-bond acceptors (Lipinski definition) is 2. The molecule has 1 rings (SSSR count). The van der Waals surface area contributed by atoms with Crippen molar-refractivity contribution in [2.45, 2.75) is 13.0 Å². The summed E-state index contributed by atoms with van der Waals surface area (Å²) in [6, 6.07) is 1.73. The van der Waals surface area contributed by atoms with Crippen molar-refractivity contribution in [3.8, 4) is 0 Å². The predicted octanol–water partition coefficient (Wildman–Crippen LogP) is 2.39. The second-order valence-electron chi connectivity index (χ2n) is 2.20. The van der Waals surface area contributed by atoms with Crippen molar-refractivity contribution in [2.75, 3.05) is 0 Å². The third-order valence-electron chi connectivity index (χ3n) is 1.30. The minimum atomic E-state index is -0.480. The lowest BCUT2D eigenvalue weighted by Gasteiger charge is -2.05. The highest BCUT2D eigenvalue weighted by Crippen LogP contribution is 2.20. The molecule has 0 fully saturated rings. The summed E-state index contributed by atoms with van der Waals surface area (Å²) in [4.78, 5) is 3.86. The van der Waals surface area contributed by atoms with Gasteiger partial charge in [0.2, 0.25) is 0 Å². The van der Waals surface area contributed by atoms with Crippen LogP contribution in [-0.2, 0) is 0 Å². The zero-order valence-electron chi connectivity index (χ0n) is 5.88. The third kappa shape index (κ3) is 2.28. The number of rotatable bonds is 1. The van der Waals surface area contributed by atoms with E-state index >= 15 is 0 Å². The molecule has 2 nitrogen and oxygen atoms in total. The van der Waals surface area contributed by atoms with Crippen LogP contribution >= 0.6 is 34.2 Å². The highest BCUT2D eigenvalue weighted by atomic mass is 127. The molecule has 1 atom stereocenters. The van der Waals surface area contributed by atoms with Crippen molar-refractivity contribution in [1.29, 1.82) is 0 Å². The number of hydrogen-bond donors (Lipinski definition) is 1. The Bertz CT molecular complexity index is 265. The standard InChI is InChI=1S/C7H7ClINO/c1-4(11)5-3-10-7(8)2-6(5)9/h2-4,11H,1H3. The first-order valence-corrected chi connectivity index (χ1v) is 4.56. The Labute approximate surface area is 83.7 Å². The number of aliphatic hydroxyl groups is 1. The maximum Gasteiger partial charge on any atom is 0.130 e. The Morgan fingerprint density at radius 3 is 2.82 bits per heavy atom. The Morgan fingerprint density at radius 2 is 2.36 bits per heavy atom. The summed E-state index contributed by atoms with van der Waals surface area (Å²) in [5.41, 5.74) is 0.815. The first-order valence-electron chi connectivity index (χ1n) is 3.10. The summed E-state index contributed by atoms with van der Waals surface area (Å²) in [6.07, 6.45) is 1.11. The average molecular weight is 283 g/mol. The molecule has 11 heavy (non-hydrogen) atoms. The van der Waals surface area contributed by atoms with Gasteiger partial charge < -0.3 is 5.11 Å². The Morgan fingerprint density at radius 1 is 1.73 bits per heavy atom. The number of aliphatic hydroxyl groups excluding tert-OH is 1. The van der Waals surface area contributed by atoms with Gasteiger partial charge >= 0.3 is 0 Å². The maximum absolute atomic E-state index is 9.21. The van der Waals surface area contributed by atoms with Crippen molar-refractivity contribution in [1.82, 2.24) is 4.98 Å². The van der Waals surface area contributed by atoms with E-state index in [2.05, 4.69) is 27.6 Å². The van der Waals surface area contributed by atoms with E-state index in [0.717, 1.165) is 9.13 Å². The third-order valence-corrected chi connectivity index (χ3v) is 2.44. The van der Waals surface area contributed by atoms with Crippen LogP contribution in [0, 0.1) is 3.57 Å². The lowest BCUT2D eigenvalue weighted by molar-refractivity contribution is 0.198. The highest BCUT2D eigenvalue weighted by molar-refractivity contribution is 14.1. The molecular weight excluding hydrogens is 276 g/mol. The van der Waals surface area contributed by atoms with Gasteiger partial charge in [0.15, 0.2) is 0 Å². The largest absolute Gasteiger partial charge is 0.389 e. The molecule has 0 saturated carbocycles. The topological polar surface area (TPSA) is 33.1 Å². The van der Waals surface area contributed by atoms with Crippen molar-refractivity contribution in [3.63, 3.8) is 0 Å². The van der Waals surface area contributed by atoms with Gasteiger partial charge in [-0.3, -0.25) is 0 Å². The first-order chi connectivity index (χ1) is 5.11. The van der Waals surface area contributed by atoms with Gasteiger partial charge in [0.05, 0.1) is 6.10 Å². The van der Waals surface area contributed by atoms with Gasteiger partial charge in [0.1, 0.15) is 5.15 Å². The Kier molecular flexibility index (Phi) is 3.09. The van der Waals surface area contributed by atoms with E-state index in [1.54, 1.807) is 19.2 Å². The lowest BCUT2D eigenvalue weighted by Crippen LogP contribution is -1.95. The number of pyridine rings is 1. The van der Waals surface area contributed by atoms with Crippen molar-refractivity contribution >= 4 is 34.2 Å². The average Bonchev–Trinajstić information content (AvgIpc) is 1.85. The van der Waals surface area contributed by atoms with Gasteiger partial charge in [0, 0.05) is 15.3 Å². The van der Waals surface area contributed by atoms with E-state index < -0.39 is 6.10 Å². The molecule has 0 aromatic carbocycles. The normalized spacial score (nSPS) is 13.1. The van der Waals surface area contributed by atoms with Gasteiger partial charge in [-0.25, -0.2) is 4.98 Å². The molecule has 0 aliphatic rings. The summed E-state index contributed by atoms with van der Waals surface area (Å²) >= 11 is 7.74. The molecule has 1 aromatic heterocycles. The predicted molar refractivity (Wildman–Crippen MR) is 52.6 cm³/mol. The van der Waals surface area contributed by atoms with E-state index in [4.69, 9.17) is 11.6 Å². The second kappa shape index (κ2) is 3.69. The van der Waals surface area contributed by atoms with E-state index in [-0.39, 0.29) is 0 Å². The van der Waals surface area contributed by atoms with Crippen LogP contribution in [0.2, 0.25) is 5.15 Å². The number of nitrogens with zero attached hydrogens (tertiary/aromatic N) is 1. The Hall–Kier alpha value is 0.130. The molecule has 0 amide bonds. The van der Waals surface area contributed by atoms with Crippen LogP contribution in [0.3, 0.4) is 0 Å². The summed E-state index contributed by atoms with van der Waals surface area (Å²) < 4.78 is 0.942. The number of halogens is 2. The molecule has 60 valence electrons. The fraction of sp³-hybridized carbons (Fsp3) is 0.286. The smallest absolute Gasteiger partial charge is 0.130 e. The van der Waals surface area contributed by atoms with Crippen molar-refractivity contribution in [2.24, 2.45) is 0 Å². The molecule has 1 N–H and O–H groups in total. The van der Waals surface area contributed by atoms with Crippen molar-refractivity contribution in [3.05, 3.63) is 26.5 Å². The summed E-state index contributed by atoms with van der Waals surface area (Å²) in [5.74, 6) is 0. The fourth-order valence-corrected chi connectivity index (χ4v) is 1.95. The van der Waals surface area contributed by atoms with E-state index in [0.29, 0.717) is 5.15 Å². The van der Waals surface area contributed by atoms with Gasteiger partial charge in [-0.1, -0.05) is 11.6 Å². The van der Waals surface area contributed by atoms with E-state index in [9.17, 15) is 5.11 Å². The van der Waals surface area contributed by atoms with Crippen LogP contribution in [0.1, 0.15) is 18.6 Å². The quantitative estimate of drug-likeness (QED) is 0.634. The molecular formula is C7H7ClINO. The molecule has 4 heteroatoms. The van der Waals surface area contributed by atoms with Crippen LogP contribution in [0.4, 0.5) is 0 Å². The summed E-state index contributed by atoms with van der Waals surface area (Å²) in [5, 5.41) is 9.66. The van der Waals surface area contributed by atoms with Crippen LogP contribution < -0.4 is 0 Å². The minimum Gasteiger partial charge on any atom is -0.389 e. The van der Waals surface area contributed by atoms with Gasteiger partial charge in [0.25, 0.3) is 0 Å². The monoisotopic (exact) mass is 283 g/mol. The molecule has 1 aromatic rings. The van der Waals surface area contributed by atoms with Gasteiger partial charge in [-0.05, 0) is 35.6 Å². The van der Waals surface area contributed by atoms with Crippen LogP contribution in [0.15, 0.2) is 12.3 Å². The lowest BCUT2D eigenvalue weighted by atomic mass is 10.2.